The summed E-state index contributed by atoms with van der Waals surface area (Å²) < 4.78 is 8.80. The summed E-state index contributed by atoms with van der Waals surface area (Å²) in [4.78, 5) is 15.0. The number of aromatic nitrogens is 4. The second-order valence-electron chi connectivity index (χ2n) is 12.0. The fourth-order valence-electron chi connectivity index (χ4n) is 7.00. The number of para-hydroxylation sites is 1. The molecule has 5 heteroatoms. The van der Waals surface area contributed by atoms with Crippen LogP contribution in [0.2, 0.25) is 0 Å². The molecule has 0 N–H and O–H groups in total. The molecular formula is C44H30N4O. The third-order valence-electron chi connectivity index (χ3n) is 9.20. The number of hydrogen-bond acceptors (Lipinski definition) is 4. The molecule has 0 saturated carbocycles. The summed E-state index contributed by atoms with van der Waals surface area (Å²) in [5.74, 6) is 2.44. The molecule has 0 unspecified atom stereocenters. The lowest BCUT2D eigenvalue weighted by Gasteiger charge is -2.12. The zero-order valence-corrected chi connectivity index (χ0v) is 26.8. The zero-order valence-electron chi connectivity index (χ0n) is 26.8. The normalized spacial score (nSPS) is 12.0. The minimum Gasteiger partial charge on any atom is -0.456 e. The first-order valence-corrected chi connectivity index (χ1v) is 16.4. The van der Waals surface area contributed by atoms with Crippen LogP contribution in [0.15, 0.2) is 157 Å². The highest BCUT2D eigenvalue weighted by molar-refractivity contribution is 6.21. The Kier molecular flexibility index (Phi) is 6.76. The minimum atomic E-state index is 0.565. The molecule has 0 radical (unpaired) electrons. The molecule has 0 fully saturated rings. The van der Waals surface area contributed by atoms with Crippen LogP contribution in [0.5, 0.6) is 0 Å². The van der Waals surface area contributed by atoms with Crippen LogP contribution >= 0.6 is 0 Å². The molecule has 232 valence electrons. The van der Waals surface area contributed by atoms with Gasteiger partial charge in [0.1, 0.15) is 11.3 Å². The average molecular weight is 631 g/mol. The second kappa shape index (κ2) is 11.6. The Morgan fingerprint density at radius 2 is 1.29 bits per heavy atom. The summed E-state index contributed by atoms with van der Waals surface area (Å²) in [5, 5.41) is 5.88. The van der Waals surface area contributed by atoms with Gasteiger partial charge in [0.2, 0.25) is 0 Å². The highest BCUT2D eigenvalue weighted by atomic mass is 16.3. The van der Waals surface area contributed by atoms with Gasteiger partial charge in [-0.05, 0) is 54.1 Å². The van der Waals surface area contributed by atoms with Crippen LogP contribution in [0.3, 0.4) is 0 Å². The van der Waals surface area contributed by atoms with Crippen molar-refractivity contribution in [1.82, 2.24) is 19.5 Å². The van der Waals surface area contributed by atoms with Crippen molar-refractivity contribution in [1.29, 1.82) is 0 Å². The van der Waals surface area contributed by atoms with Crippen molar-refractivity contribution >= 4 is 55.2 Å². The van der Waals surface area contributed by atoms with Gasteiger partial charge in [0.05, 0.1) is 11.0 Å². The SMILES string of the molecule is C=Cc1oc2ccc(-n3c4ccccc4c4c5ccccc5ccc43)cc2c1/C(=C\C)c1nc(-c2ccccc2)nc(-c2ccccc2)n1. The minimum absolute atomic E-state index is 0.565. The summed E-state index contributed by atoms with van der Waals surface area (Å²) in [7, 11) is 0. The predicted octanol–water partition coefficient (Wildman–Crippen LogP) is 11.3. The Morgan fingerprint density at radius 3 is 1.98 bits per heavy atom. The van der Waals surface area contributed by atoms with Gasteiger partial charge in [-0.2, -0.15) is 0 Å². The molecule has 3 heterocycles. The summed E-state index contributed by atoms with van der Waals surface area (Å²) >= 11 is 0. The Labute approximate surface area is 283 Å². The summed E-state index contributed by atoms with van der Waals surface area (Å²) in [6.45, 7) is 6.14. The van der Waals surface area contributed by atoms with Crippen molar-refractivity contribution in [3.8, 4) is 28.5 Å². The van der Waals surface area contributed by atoms with Crippen LogP contribution in [0.25, 0.3) is 83.7 Å². The van der Waals surface area contributed by atoms with E-state index in [9.17, 15) is 0 Å². The topological polar surface area (TPSA) is 56.7 Å². The molecule has 0 spiro atoms. The van der Waals surface area contributed by atoms with Gasteiger partial charge >= 0.3 is 0 Å². The Balaban J connectivity index is 1.28. The van der Waals surface area contributed by atoms with E-state index in [1.54, 1.807) is 6.08 Å². The van der Waals surface area contributed by atoms with E-state index >= 15 is 0 Å². The number of rotatable bonds is 6. The van der Waals surface area contributed by atoms with E-state index in [1.807, 2.05) is 73.7 Å². The highest BCUT2D eigenvalue weighted by Gasteiger charge is 2.23. The molecule has 5 nitrogen and oxygen atoms in total. The van der Waals surface area contributed by atoms with Gasteiger partial charge in [-0.15, -0.1) is 0 Å². The van der Waals surface area contributed by atoms with Gasteiger partial charge in [0, 0.05) is 44.1 Å². The van der Waals surface area contributed by atoms with Gasteiger partial charge in [-0.25, -0.2) is 15.0 Å². The fraction of sp³-hybridized carbons (Fsp3) is 0.0227. The largest absolute Gasteiger partial charge is 0.456 e. The molecule has 0 atom stereocenters. The third-order valence-corrected chi connectivity index (χ3v) is 9.20. The van der Waals surface area contributed by atoms with Crippen LogP contribution < -0.4 is 0 Å². The standard InChI is InChI=1S/C44H30N4O/c1-3-32(44-46-42(29-16-7-5-8-17-29)45-43(47-44)30-18-9-6-10-19-30)41-35-27-31(24-26-39(35)49-38(41)4-2)48-36-22-14-13-21-34(36)40-33-20-12-11-15-28(33)23-25-37(40)48/h3-27H,2H2,1H3/b32-3+. The molecule has 9 aromatic rings. The summed E-state index contributed by atoms with van der Waals surface area (Å²) in [6, 6.07) is 48.1. The van der Waals surface area contributed by atoms with Gasteiger partial charge in [-0.1, -0.05) is 122 Å². The van der Waals surface area contributed by atoms with Crippen molar-refractivity contribution < 1.29 is 4.42 Å². The molecule has 0 amide bonds. The maximum absolute atomic E-state index is 6.45. The van der Waals surface area contributed by atoms with Crippen LogP contribution in [-0.4, -0.2) is 19.5 Å². The van der Waals surface area contributed by atoms with E-state index in [4.69, 9.17) is 19.4 Å². The molecule has 0 aliphatic heterocycles. The lowest BCUT2D eigenvalue weighted by molar-refractivity contribution is 0.603. The van der Waals surface area contributed by atoms with Gasteiger partial charge < -0.3 is 8.98 Å². The lowest BCUT2D eigenvalue weighted by Crippen LogP contribution is -2.04. The number of benzene rings is 6. The molecule has 9 rings (SSSR count). The molecule has 0 saturated heterocycles. The van der Waals surface area contributed by atoms with Crippen LogP contribution in [0, 0.1) is 0 Å². The van der Waals surface area contributed by atoms with Crippen molar-refractivity contribution in [2.24, 2.45) is 0 Å². The number of nitrogens with zero attached hydrogens (tertiary/aromatic N) is 4. The number of hydrogen-bond donors (Lipinski definition) is 0. The van der Waals surface area contributed by atoms with E-state index in [-0.39, 0.29) is 0 Å². The number of allylic oxidation sites excluding steroid dienone is 1. The third kappa shape index (κ3) is 4.67. The smallest absolute Gasteiger partial charge is 0.164 e. The molecular weight excluding hydrogens is 601 g/mol. The van der Waals surface area contributed by atoms with Crippen molar-refractivity contribution in [2.75, 3.05) is 0 Å². The number of furan rings is 1. The molecule has 49 heavy (non-hydrogen) atoms. The summed E-state index contributed by atoms with van der Waals surface area (Å²) in [5.41, 5.74) is 7.66. The van der Waals surface area contributed by atoms with Crippen LogP contribution in [-0.2, 0) is 0 Å². The Morgan fingerprint density at radius 1 is 0.633 bits per heavy atom. The van der Waals surface area contributed by atoms with Gasteiger partial charge in [-0.3, -0.25) is 0 Å². The average Bonchev–Trinajstić information content (AvgIpc) is 3.71. The monoisotopic (exact) mass is 630 g/mol. The van der Waals surface area contributed by atoms with Crippen LogP contribution in [0.1, 0.15) is 24.1 Å². The molecule has 6 aromatic carbocycles. The van der Waals surface area contributed by atoms with Gasteiger partial charge in [0.25, 0.3) is 0 Å². The number of fused-ring (bicyclic) bond motifs is 6. The zero-order chi connectivity index (χ0) is 32.9. The quantitative estimate of drug-likeness (QED) is 0.183. The molecule has 0 aliphatic rings. The van der Waals surface area contributed by atoms with E-state index < -0.39 is 0 Å². The first kappa shape index (κ1) is 28.6. The molecule has 0 bridgehead atoms. The fourth-order valence-corrected chi connectivity index (χ4v) is 7.00. The van der Waals surface area contributed by atoms with Crippen molar-refractivity contribution in [3.63, 3.8) is 0 Å². The van der Waals surface area contributed by atoms with Crippen molar-refractivity contribution in [3.05, 3.63) is 169 Å². The second-order valence-corrected chi connectivity index (χ2v) is 12.0. The molecule has 3 aromatic heterocycles. The van der Waals surface area contributed by atoms with E-state index in [2.05, 4.69) is 90.0 Å². The predicted molar refractivity (Wildman–Crippen MR) is 202 cm³/mol. The summed E-state index contributed by atoms with van der Waals surface area (Å²) in [6.07, 6.45) is 3.82. The maximum Gasteiger partial charge on any atom is 0.164 e. The highest BCUT2D eigenvalue weighted by Crippen LogP contribution is 2.40. The first-order chi connectivity index (χ1) is 24.2. The molecule has 0 aliphatic carbocycles. The van der Waals surface area contributed by atoms with Crippen molar-refractivity contribution in [2.45, 2.75) is 6.92 Å². The van der Waals surface area contributed by atoms with Crippen LogP contribution in [0.4, 0.5) is 0 Å². The lowest BCUT2D eigenvalue weighted by atomic mass is 10.00. The van der Waals surface area contributed by atoms with E-state index in [0.717, 1.165) is 50.0 Å². The van der Waals surface area contributed by atoms with E-state index in [0.29, 0.717) is 23.2 Å². The Hall–Kier alpha value is -6.59. The van der Waals surface area contributed by atoms with E-state index in [1.165, 1.54) is 21.5 Å². The Bertz CT molecular complexity index is 2680. The first-order valence-electron chi connectivity index (χ1n) is 16.4. The maximum atomic E-state index is 6.45. The van der Waals surface area contributed by atoms with Gasteiger partial charge in [0.15, 0.2) is 17.5 Å².